The molecule has 1 heterocycles. The van der Waals surface area contributed by atoms with E-state index in [0.29, 0.717) is 24.2 Å². The van der Waals surface area contributed by atoms with Crippen molar-refractivity contribution in [1.82, 2.24) is 9.80 Å². The molecule has 2 rings (SSSR count). The Morgan fingerprint density at radius 1 is 1.23 bits per heavy atom. The van der Waals surface area contributed by atoms with Crippen molar-refractivity contribution in [1.29, 1.82) is 0 Å². The normalized spacial score (nSPS) is 20.5. The fourth-order valence-corrected chi connectivity index (χ4v) is 2.56. The Kier molecular flexibility index (Phi) is 5.97. The summed E-state index contributed by atoms with van der Waals surface area (Å²) in [6.45, 7) is 4.14. The Bertz CT molecular complexity index is 545. The van der Waals surface area contributed by atoms with Crippen LogP contribution in [0.1, 0.15) is 34.1 Å². The van der Waals surface area contributed by atoms with Gasteiger partial charge in [0, 0.05) is 38.3 Å². The second-order valence-electron chi connectivity index (χ2n) is 6.27. The number of carbonyl (C=O) groups is 2. The van der Waals surface area contributed by atoms with Crippen molar-refractivity contribution in [3.05, 3.63) is 35.4 Å². The number of hydrogen-bond acceptors (Lipinski definition) is 3. The lowest BCUT2D eigenvalue weighted by Gasteiger charge is -2.22. The molecular formula is C16H24ClN3O2. The van der Waals surface area contributed by atoms with Crippen LogP contribution >= 0.6 is 12.4 Å². The third-order valence-corrected chi connectivity index (χ3v) is 4.12. The Balaban J connectivity index is 0.00000242. The fourth-order valence-electron chi connectivity index (χ4n) is 2.56. The van der Waals surface area contributed by atoms with E-state index >= 15 is 0 Å². The molecule has 1 aromatic carbocycles. The fraction of sp³-hybridized carbons (Fsp3) is 0.500. The Morgan fingerprint density at radius 2 is 1.77 bits per heavy atom. The minimum atomic E-state index is -0.0640. The van der Waals surface area contributed by atoms with Gasteiger partial charge in [0.2, 0.25) is 0 Å². The number of likely N-dealkylation sites (tertiary alicyclic amines) is 1. The first-order chi connectivity index (χ1) is 9.86. The first kappa shape index (κ1) is 18.5. The van der Waals surface area contributed by atoms with Gasteiger partial charge in [-0.2, -0.15) is 0 Å². The largest absolute Gasteiger partial charge is 0.345 e. The summed E-state index contributed by atoms with van der Waals surface area (Å²) in [5.41, 5.74) is 7.00. The van der Waals surface area contributed by atoms with E-state index in [2.05, 4.69) is 6.92 Å². The molecule has 1 aliphatic rings. The number of amides is 2. The van der Waals surface area contributed by atoms with Crippen molar-refractivity contribution in [3.63, 3.8) is 0 Å². The SMILES string of the molecule is CN(C)C(=O)c1ccc(C(=O)N2CCC(C)(CN)C2)cc1.Cl. The van der Waals surface area contributed by atoms with Crippen molar-refractivity contribution < 1.29 is 9.59 Å². The number of nitrogens with two attached hydrogens (primary N) is 1. The van der Waals surface area contributed by atoms with E-state index in [4.69, 9.17) is 5.73 Å². The van der Waals surface area contributed by atoms with Gasteiger partial charge in [-0.25, -0.2) is 0 Å². The lowest BCUT2D eigenvalue weighted by atomic mass is 9.90. The van der Waals surface area contributed by atoms with Crippen LogP contribution in [0, 0.1) is 5.41 Å². The van der Waals surface area contributed by atoms with Gasteiger partial charge < -0.3 is 15.5 Å². The maximum Gasteiger partial charge on any atom is 0.253 e. The summed E-state index contributed by atoms with van der Waals surface area (Å²) in [4.78, 5) is 27.6. The molecule has 1 unspecified atom stereocenters. The molecule has 2 amide bonds. The molecule has 1 fully saturated rings. The minimum absolute atomic E-state index is 0. The van der Waals surface area contributed by atoms with Crippen molar-refractivity contribution in [2.45, 2.75) is 13.3 Å². The molecule has 0 spiro atoms. The first-order valence-electron chi connectivity index (χ1n) is 7.17. The quantitative estimate of drug-likeness (QED) is 0.918. The summed E-state index contributed by atoms with van der Waals surface area (Å²) in [5.74, 6) is -0.0538. The van der Waals surface area contributed by atoms with Gasteiger partial charge >= 0.3 is 0 Å². The van der Waals surface area contributed by atoms with Crippen LogP contribution in [0.25, 0.3) is 0 Å². The highest BCUT2D eigenvalue weighted by atomic mass is 35.5. The lowest BCUT2D eigenvalue weighted by molar-refractivity contribution is 0.0774. The van der Waals surface area contributed by atoms with Crippen molar-refractivity contribution in [3.8, 4) is 0 Å². The summed E-state index contributed by atoms with van der Waals surface area (Å²) in [5, 5.41) is 0. The van der Waals surface area contributed by atoms with Gasteiger partial charge in [-0.15, -0.1) is 12.4 Å². The summed E-state index contributed by atoms with van der Waals surface area (Å²) in [6.07, 6.45) is 0.937. The van der Waals surface area contributed by atoms with Crippen LogP contribution in [0.3, 0.4) is 0 Å². The van der Waals surface area contributed by atoms with E-state index in [9.17, 15) is 9.59 Å². The maximum atomic E-state index is 12.5. The molecule has 2 N–H and O–H groups in total. The van der Waals surface area contributed by atoms with Crippen molar-refractivity contribution in [2.24, 2.45) is 11.1 Å². The molecule has 1 atom stereocenters. The summed E-state index contributed by atoms with van der Waals surface area (Å²) >= 11 is 0. The second kappa shape index (κ2) is 7.11. The zero-order valence-electron chi connectivity index (χ0n) is 13.3. The number of nitrogens with zero attached hydrogens (tertiary/aromatic N) is 2. The maximum absolute atomic E-state index is 12.5. The molecule has 122 valence electrons. The van der Waals surface area contributed by atoms with E-state index < -0.39 is 0 Å². The topological polar surface area (TPSA) is 66.6 Å². The van der Waals surface area contributed by atoms with Crippen LogP contribution in [-0.4, -0.2) is 55.3 Å². The molecule has 1 aromatic rings. The zero-order chi connectivity index (χ0) is 15.6. The van der Waals surface area contributed by atoms with E-state index in [1.165, 1.54) is 4.90 Å². The van der Waals surface area contributed by atoms with Crippen LogP contribution in [0.2, 0.25) is 0 Å². The number of halogens is 1. The van der Waals surface area contributed by atoms with Gasteiger partial charge in [0.05, 0.1) is 0 Å². The first-order valence-corrected chi connectivity index (χ1v) is 7.17. The highest BCUT2D eigenvalue weighted by Crippen LogP contribution is 2.29. The van der Waals surface area contributed by atoms with Crippen LogP contribution in [0.5, 0.6) is 0 Å². The number of carbonyl (C=O) groups excluding carboxylic acids is 2. The van der Waals surface area contributed by atoms with Gasteiger partial charge in [-0.3, -0.25) is 9.59 Å². The molecule has 6 heteroatoms. The number of rotatable bonds is 3. The van der Waals surface area contributed by atoms with E-state index in [0.717, 1.165) is 13.0 Å². The van der Waals surface area contributed by atoms with Crippen molar-refractivity contribution >= 4 is 24.2 Å². The highest BCUT2D eigenvalue weighted by molar-refractivity contribution is 5.97. The monoisotopic (exact) mass is 325 g/mol. The Morgan fingerprint density at radius 3 is 2.23 bits per heavy atom. The smallest absolute Gasteiger partial charge is 0.253 e. The van der Waals surface area contributed by atoms with Crippen LogP contribution in [0.4, 0.5) is 0 Å². The predicted molar refractivity (Wildman–Crippen MR) is 89.4 cm³/mol. The molecule has 0 radical (unpaired) electrons. The van der Waals surface area contributed by atoms with Gasteiger partial charge in [0.1, 0.15) is 0 Å². The molecule has 0 saturated carbocycles. The standard InChI is InChI=1S/C16H23N3O2.ClH/c1-16(10-17)8-9-19(11-16)15(21)13-6-4-12(5-7-13)14(20)18(2)3;/h4-7H,8-11,17H2,1-3H3;1H. The summed E-state index contributed by atoms with van der Waals surface area (Å²) in [7, 11) is 3.42. The Hall–Kier alpha value is -1.59. The number of hydrogen-bond donors (Lipinski definition) is 1. The molecule has 1 saturated heterocycles. The van der Waals surface area contributed by atoms with Gasteiger partial charge in [0.15, 0.2) is 0 Å². The lowest BCUT2D eigenvalue weighted by Crippen LogP contribution is -2.34. The average Bonchev–Trinajstić information content (AvgIpc) is 2.89. The summed E-state index contributed by atoms with van der Waals surface area (Å²) in [6, 6.07) is 6.84. The number of benzene rings is 1. The Labute approximate surface area is 137 Å². The van der Waals surface area contributed by atoms with Crippen LogP contribution in [0.15, 0.2) is 24.3 Å². The molecule has 22 heavy (non-hydrogen) atoms. The molecule has 0 bridgehead atoms. The minimum Gasteiger partial charge on any atom is -0.345 e. The van der Waals surface area contributed by atoms with Gasteiger partial charge in [-0.1, -0.05) is 6.92 Å². The van der Waals surface area contributed by atoms with Crippen molar-refractivity contribution in [2.75, 3.05) is 33.7 Å². The third kappa shape index (κ3) is 3.78. The van der Waals surface area contributed by atoms with E-state index in [1.54, 1.807) is 38.4 Å². The predicted octanol–water partition coefficient (Wildman–Crippen LogP) is 1.62. The van der Waals surface area contributed by atoms with E-state index in [-0.39, 0.29) is 29.6 Å². The second-order valence-corrected chi connectivity index (χ2v) is 6.27. The highest BCUT2D eigenvalue weighted by Gasteiger charge is 2.35. The molecule has 5 nitrogen and oxygen atoms in total. The molecule has 0 aromatic heterocycles. The average molecular weight is 326 g/mol. The van der Waals surface area contributed by atoms with E-state index in [1.807, 2.05) is 4.90 Å². The molecular weight excluding hydrogens is 302 g/mol. The van der Waals surface area contributed by atoms with Crippen LogP contribution < -0.4 is 5.73 Å². The third-order valence-electron chi connectivity index (χ3n) is 4.12. The van der Waals surface area contributed by atoms with Gasteiger partial charge in [0.25, 0.3) is 11.8 Å². The molecule has 1 aliphatic heterocycles. The molecule has 0 aliphatic carbocycles. The van der Waals surface area contributed by atoms with Gasteiger partial charge in [-0.05, 0) is 42.6 Å². The zero-order valence-corrected chi connectivity index (χ0v) is 14.2. The van der Waals surface area contributed by atoms with Crippen LogP contribution in [-0.2, 0) is 0 Å². The summed E-state index contributed by atoms with van der Waals surface area (Å²) < 4.78 is 0.